The molecular formula is C17H15F3N4O. The molecule has 0 unspecified atom stereocenters. The van der Waals surface area contributed by atoms with Crippen LogP contribution in [0.25, 0.3) is 11.0 Å². The van der Waals surface area contributed by atoms with Crippen LogP contribution in [0.4, 0.5) is 13.2 Å². The molecule has 1 N–H and O–H groups in total. The minimum atomic E-state index is -4.65. The summed E-state index contributed by atoms with van der Waals surface area (Å²) in [6.45, 7) is 1.24. The predicted molar refractivity (Wildman–Crippen MR) is 85.5 cm³/mol. The van der Waals surface area contributed by atoms with Crippen molar-refractivity contribution in [1.82, 2.24) is 19.9 Å². The van der Waals surface area contributed by atoms with E-state index >= 15 is 0 Å². The van der Waals surface area contributed by atoms with Crippen molar-refractivity contribution in [2.24, 2.45) is 0 Å². The third-order valence-corrected chi connectivity index (χ3v) is 3.72. The fraction of sp³-hybridized carbons (Fsp3) is 0.235. The Hall–Kier alpha value is -2.90. The second-order valence-corrected chi connectivity index (χ2v) is 5.55. The van der Waals surface area contributed by atoms with Gasteiger partial charge in [-0.3, -0.25) is 9.78 Å². The van der Waals surface area contributed by atoms with Crippen molar-refractivity contribution in [1.29, 1.82) is 0 Å². The Morgan fingerprint density at radius 2 is 1.92 bits per heavy atom. The number of carbonyl (C=O) groups excluding carboxylic acids is 1. The maximum absolute atomic E-state index is 13.2. The Bertz CT molecular complexity index is 890. The summed E-state index contributed by atoms with van der Waals surface area (Å²) in [5, 5.41) is 2.66. The number of halogens is 3. The van der Waals surface area contributed by atoms with Gasteiger partial charge in [-0.1, -0.05) is 18.2 Å². The van der Waals surface area contributed by atoms with E-state index in [0.717, 1.165) is 4.57 Å². The summed E-state index contributed by atoms with van der Waals surface area (Å²) < 4.78 is 40.6. The Labute approximate surface area is 141 Å². The van der Waals surface area contributed by atoms with Crippen molar-refractivity contribution in [2.45, 2.75) is 25.7 Å². The molecule has 3 aromatic rings. The summed E-state index contributed by atoms with van der Waals surface area (Å²) in [6.07, 6.45) is -3.06. The van der Waals surface area contributed by atoms with Gasteiger partial charge in [0.05, 0.1) is 22.8 Å². The zero-order chi connectivity index (χ0) is 18.0. The number of carbonyl (C=O) groups is 1. The monoisotopic (exact) mass is 348 g/mol. The van der Waals surface area contributed by atoms with Crippen molar-refractivity contribution in [2.75, 3.05) is 0 Å². The molecule has 0 radical (unpaired) electrons. The second-order valence-electron chi connectivity index (χ2n) is 5.55. The number of amides is 1. The van der Waals surface area contributed by atoms with Crippen molar-refractivity contribution in [3.05, 3.63) is 60.2 Å². The molecule has 0 aliphatic rings. The van der Waals surface area contributed by atoms with Crippen LogP contribution in [0, 0.1) is 0 Å². The molecular weight excluding hydrogens is 333 g/mol. The highest BCUT2D eigenvalue weighted by Crippen LogP contribution is 2.31. The third-order valence-electron chi connectivity index (χ3n) is 3.72. The van der Waals surface area contributed by atoms with Crippen LogP contribution in [-0.4, -0.2) is 20.4 Å². The van der Waals surface area contributed by atoms with Crippen molar-refractivity contribution in [3.8, 4) is 0 Å². The molecule has 25 heavy (non-hydrogen) atoms. The normalized spacial score (nSPS) is 13.0. The standard InChI is InChI=1S/C17H15F3N4O/c1-11(12-6-4-5-9-21-12)22-15(25)10-24-14-8-3-2-7-13(14)23-16(24)17(18,19)20/h2-9,11H,10H2,1H3,(H,22,25)/t11-/m1/s1. The highest BCUT2D eigenvalue weighted by Gasteiger charge is 2.38. The number of para-hydroxylation sites is 2. The van der Waals surface area contributed by atoms with Gasteiger partial charge in [0, 0.05) is 6.20 Å². The van der Waals surface area contributed by atoms with Gasteiger partial charge in [0.15, 0.2) is 0 Å². The molecule has 0 aliphatic heterocycles. The van der Waals surface area contributed by atoms with E-state index in [1.807, 2.05) is 0 Å². The first-order valence-electron chi connectivity index (χ1n) is 7.59. The van der Waals surface area contributed by atoms with E-state index in [-0.39, 0.29) is 11.0 Å². The van der Waals surface area contributed by atoms with Gasteiger partial charge in [0.25, 0.3) is 0 Å². The third kappa shape index (κ3) is 3.62. The summed E-state index contributed by atoms with van der Waals surface area (Å²) >= 11 is 0. The number of nitrogens with one attached hydrogen (secondary N) is 1. The highest BCUT2D eigenvalue weighted by atomic mass is 19.4. The van der Waals surface area contributed by atoms with Crippen LogP contribution in [-0.2, 0) is 17.5 Å². The molecule has 2 aromatic heterocycles. The minimum absolute atomic E-state index is 0.195. The fourth-order valence-electron chi connectivity index (χ4n) is 2.59. The number of rotatable bonds is 4. The molecule has 130 valence electrons. The molecule has 3 rings (SSSR count). The van der Waals surface area contributed by atoms with Crippen LogP contribution >= 0.6 is 0 Å². The molecule has 0 fully saturated rings. The van der Waals surface area contributed by atoms with E-state index in [9.17, 15) is 18.0 Å². The van der Waals surface area contributed by atoms with Crippen molar-refractivity contribution >= 4 is 16.9 Å². The molecule has 2 heterocycles. The Morgan fingerprint density at radius 1 is 1.20 bits per heavy atom. The lowest BCUT2D eigenvalue weighted by atomic mass is 10.2. The fourth-order valence-corrected chi connectivity index (χ4v) is 2.59. The van der Waals surface area contributed by atoms with Crippen molar-refractivity contribution in [3.63, 3.8) is 0 Å². The van der Waals surface area contributed by atoms with Gasteiger partial charge in [0.1, 0.15) is 6.54 Å². The Kier molecular flexibility index (Phi) is 4.43. The van der Waals surface area contributed by atoms with Crippen LogP contribution in [0.1, 0.15) is 24.5 Å². The lowest BCUT2D eigenvalue weighted by Crippen LogP contribution is -2.31. The van der Waals surface area contributed by atoms with Crippen LogP contribution in [0.3, 0.4) is 0 Å². The Morgan fingerprint density at radius 3 is 2.60 bits per heavy atom. The summed E-state index contributed by atoms with van der Waals surface area (Å²) in [7, 11) is 0. The summed E-state index contributed by atoms with van der Waals surface area (Å²) in [4.78, 5) is 20.0. The van der Waals surface area contributed by atoms with Gasteiger partial charge >= 0.3 is 6.18 Å². The number of nitrogens with zero attached hydrogens (tertiary/aromatic N) is 3. The average molecular weight is 348 g/mol. The first-order chi connectivity index (χ1) is 11.9. The first-order valence-corrected chi connectivity index (χ1v) is 7.59. The molecule has 0 aliphatic carbocycles. The number of alkyl halides is 3. The zero-order valence-electron chi connectivity index (χ0n) is 13.3. The lowest BCUT2D eigenvalue weighted by molar-refractivity contribution is -0.147. The summed E-state index contributed by atoms with van der Waals surface area (Å²) in [5.41, 5.74) is 1.08. The molecule has 0 saturated carbocycles. The van der Waals surface area contributed by atoms with Crippen LogP contribution in [0.5, 0.6) is 0 Å². The van der Waals surface area contributed by atoms with Crippen molar-refractivity contribution < 1.29 is 18.0 Å². The van der Waals surface area contributed by atoms with Gasteiger partial charge in [-0.2, -0.15) is 13.2 Å². The van der Waals surface area contributed by atoms with E-state index in [1.54, 1.807) is 43.5 Å². The molecule has 5 nitrogen and oxygen atoms in total. The van der Waals surface area contributed by atoms with Crippen LogP contribution < -0.4 is 5.32 Å². The number of pyridine rings is 1. The van der Waals surface area contributed by atoms with Gasteiger partial charge in [-0.05, 0) is 31.2 Å². The maximum Gasteiger partial charge on any atom is 0.449 e. The number of hydrogen-bond acceptors (Lipinski definition) is 3. The topological polar surface area (TPSA) is 59.8 Å². The highest BCUT2D eigenvalue weighted by molar-refractivity contribution is 5.81. The molecule has 1 aromatic carbocycles. The maximum atomic E-state index is 13.2. The molecule has 0 spiro atoms. The van der Waals surface area contributed by atoms with E-state index in [0.29, 0.717) is 5.69 Å². The smallest absolute Gasteiger partial charge is 0.346 e. The average Bonchev–Trinajstić information content (AvgIpc) is 2.94. The SMILES string of the molecule is C[C@@H](NC(=O)Cn1c(C(F)(F)F)nc2ccccc21)c1ccccn1. The number of hydrogen-bond donors (Lipinski definition) is 1. The van der Waals surface area contributed by atoms with E-state index in [1.165, 1.54) is 12.1 Å². The Balaban J connectivity index is 1.86. The first kappa shape index (κ1) is 16.9. The number of benzene rings is 1. The number of imidazole rings is 1. The zero-order valence-corrected chi connectivity index (χ0v) is 13.3. The predicted octanol–water partition coefficient (Wildman–Crippen LogP) is 3.33. The van der Waals surface area contributed by atoms with Gasteiger partial charge in [0.2, 0.25) is 11.7 Å². The van der Waals surface area contributed by atoms with Gasteiger partial charge in [-0.25, -0.2) is 4.98 Å². The lowest BCUT2D eigenvalue weighted by Gasteiger charge is -2.15. The largest absolute Gasteiger partial charge is 0.449 e. The quantitative estimate of drug-likeness (QED) is 0.787. The molecule has 1 amide bonds. The van der Waals surface area contributed by atoms with Crippen LogP contribution in [0.2, 0.25) is 0 Å². The molecule has 0 saturated heterocycles. The van der Waals surface area contributed by atoms with E-state index in [4.69, 9.17) is 0 Å². The number of fused-ring (bicyclic) bond motifs is 1. The van der Waals surface area contributed by atoms with Crippen LogP contribution in [0.15, 0.2) is 48.7 Å². The summed E-state index contributed by atoms with van der Waals surface area (Å²) in [5.74, 6) is -1.64. The molecule has 8 heteroatoms. The minimum Gasteiger partial charge on any atom is -0.346 e. The number of aromatic nitrogens is 3. The molecule has 1 atom stereocenters. The van der Waals surface area contributed by atoms with E-state index < -0.39 is 30.5 Å². The second kappa shape index (κ2) is 6.54. The van der Waals surface area contributed by atoms with Gasteiger partial charge in [-0.15, -0.1) is 0 Å². The molecule has 0 bridgehead atoms. The van der Waals surface area contributed by atoms with Gasteiger partial charge < -0.3 is 9.88 Å². The summed E-state index contributed by atoms with van der Waals surface area (Å²) in [6, 6.07) is 11.0. The van der Waals surface area contributed by atoms with E-state index in [2.05, 4.69) is 15.3 Å².